The van der Waals surface area contributed by atoms with Crippen LogP contribution in [0, 0.1) is 29.1 Å². The van der Waals surface area contributed by atoms with Crippen molar-refractivity contribution < 1.29 is 4.74 Å². The summed E-state index contributed by atoms with van der Waals surface area (Å²) < 4.78 is 8.58. The maximum absolute atomic E-state index is 9.05. The van der Waals surface area contributed by atoms with E-state index in [-0.39, 0.29) is 6.10 Å². The number of nitrogens with one attached hydrogen (secondary N) is 1. The molecule has 5 rings (SSSR count). The molecular weight excluding hydrogens is 376 g/mol. The Morgan fingerprint density at radius 1 is 1.27 bits per heavy atom. The van der Waals surface area contributed by atoms with Gasteiger partial charge in [-0.15, -0.1) is 5.10 Å². The highest BCUT2D eigenvalue weighted by atomic mass is 16.5. The van der Waals surface area contributed by atoms with Gasteiger partial charge in [-0.25, -0.2) is 4.68 Å². The summed E-state index contributed by atoms with van der Waals surface area (Å²) in [5.74, 6) is 2.13. The van der Waals surface area contributed by atoms with Crippen LogP contribution in [0.5, 0.6) is 0 Å². The van der Waals surface area contributed by atoms with E-state index < -0.39 is 0 Å². The monoisotopic (exact) mass is 408 g/mol. The van der Waals surface area contributed by atoms with E-state index in [2.05, 4.69) is 44.1 Å². The first-order chi connectivity index (χ1) is 14.7. The van der Waals surface area contributed by atoms with Gasteiger partial charge in [0.25, 0.3) is 0 Å². The smallest absolute Gasteiger partial charge is 0.117 e. The Labute approximate surface area is 178 Å². The second-order valence-electron chi connectivity index (χ2n) is 9.54. The number of likely N-dealkylation sites (tertiary alicyclic amines) is 1. The molecule has 4 atom stereocenters. The van der Waals surface area contributed by atoms with Crippen LogP contribution in [-0.4, -0.2) is 50.7 Å². The molecular formula is C23H32N6O. The van der Waals surface area contributed by atoms with Crippen LogP contribution in [0.4, 0.5) is 0 Å². The molecule has 3 heterocycles. The summed E-state index contributed by atoms with van der Waals surface area (Å²) in [7, 11) is 0. The molecule has 0 amide bonds. The van der Waals surface area contributed by atoms with E-state index in [1.54, 1.807) is 0 Å². The lowest BCUT2D eigenvalue weighted by atomic mass is 9.77. The third-order valence-electron chi connectivity index (χ3n) is 7.08. The molecule has 7 heteroatoms. The number of aromatic nitrogens is 4. The molecule has 2 aromatic heterocycles. The zero-order chi connectivity index (χ0) is 20.5. The highest BCUT2D eigenvalue weighted by Crippen LogP contribution is 2.43. The summed E-state index contributed by atoms with van der Waals surface area (Å²) in [5, 5.41) is 18.0. The van der Waals surface area contributed by atoms with Crippen LogP contribution < -0.4 is 0 Å². The summed E-state index contributed by atoms with van der Waals surface area (Å²) in [6, 6.07) is 4.45. The van der Waals surface area contributed by atoms with Gasteiger partial charge in [0.1, 0.15) is 11.8 Å². The molecule has 0 aromatic carbocycles. The number of nitrogens with zero attached hydrogens (tertiary/aromatic N) is 5. The first-order valence-electron chi connectivity index (χ1n) is 11.5. The molecule has 3 aliphatic rings. The van der Waals surface area contributed by atoms with Gasteiger partial charge >= 0.3 is 0 Å². The summed E-state index contributed by atoms with van der Waals surface area (Å²) in [6.45, 7) is 6.22. The minimum Gasteiger partial charge on any atom is -0.376 e. The molecule has 0 unspecified atom stereocenters. The Kier molecular flexibility index (Phi) is 5.62. The fourth-order valence-electron chi connectivity index (χ4n) is 5.32. The van der Waals surface area contributed by atoms with Crippen LogP contribution in [-0.2, 0) is 17.7 Å². The normalized spacial score (nSPS) is 29.1. The second-order valence-corrected chi connectivity index (χ2v) is 9.54. The summed E-state index contributed by atoms with van der Waals surface area (Å²) >= 11 is 0. The van der Waals surface area contributed by atoms with Gasteiger partial charge in [-0.2, -0.15) is 5.26 Å². The first kappa shape index (κ1) is 19.8. The van der Waals surface area contributed by atoms with Gasteiger partial charge < -0.3 is 9.72 Å². The number of hydrogen-bond acceptors (Lipinski definition) is 5. The Hall–Kier alpha value is -2.17. The largest absolute Gasteiger partial charge is 0.376 e. The lowest BCUT2D eigenvalue weighted by molar-refractivity contribution is -0.0375. The van der Waals surface area contributed by atoms with Crippen molar-refractivity contribution in [2.75, 3.05) is 19.7 Å². The molecule has 0 spiro atoms. The third kappa shape index (κ3) is 4.30. The average molecular weight is 409 g/mol. The summed E-state index contributed by atoms with van der Waals surface area (Å²) in [6.07, 6.45) is 11.3. The molecule has 7 nitrogen and oxygen atoms in total. The van der Waals surface area contributed by atoms with Crippen LogP contribution >= 0.6 is 0 Å². The molecule has 2 saturated carbocycles. The SMILES string of the molecule is CCCc1cn([C@@H]2C[C@@H]3CN(Cc4c[nH]c(C#N)c4)C[C@@H]3C[C@H]2OCC2CC2)nn1. The number of rotatable bonds is 8. The number of ether oxygens (including phenoxy) is 1. The van der Waals surface area contributed by atoms with E-state index >= 15 is 0 Å². The van der Waals surface area contributed by atoms with E-state index in [4.69, 9.17) is 10.00 Å². The standard InChI is InChI=1S/C23H32N6O/c1-2-3-20-14-29(27-26-20)22-7-18-12-28(11-17-6-21(9-24)25-10-17)13-19(18)8-23(22)30-15-16-4-5-16/h6,10,14,16,18-19,22-23,25H,2-5,7-8,11-13,15H2,1H3/t18-,19+,22-,23-/m1/s1. The molecule has 3 fully saturated rings. The van der Waals surface area contributed by atoms with Crippen LogP contribution in [0.2, 0.25) is 0 Å². The lowest BCUT2D eigenvalue weighted by Crippen LogP contribution is -2.38. The number of aromatic amines is 1. The van der Waals surface area contributed by atoms with Crippen molar-refractivity contribution in [1.82, 2.24) is 24.9 Å². The van der Waals surface area contributed by atoms with Gasteiger partial charge in [0.05, 0.1) is 17.8 Å². The quantitative estimate of drug-likeness (QED) is 0.725. The van der Waals surface area contributed by atoms with E-state index in [0.29, 0.717) is 23.6 Å². The fraction of sp³-hybridized carbons (Fsp3) is 0.696. The van der Waals surface area contributed by atoms with Gasteiger partial charge in [-0.3, -0.25) is 4.90 Å². The van der Waals surface area contributed by atoms with Crippen molar-refractivity contribution in [3.63, 3.8) is 0 Å². The lowest BCUT2D eigenvalue weighted by Gasteiger charge is -2.37. The molecule has 2 aromatic rings. The molecule has 1 aliphatic heterocycles. The van der Waals surface area contributed by atoms with Crippen LogP contribution in [0.1, 0.15) is 62.0 Å². The van der Waals surface area contributed by atoms with E-state index in [9.17, 15) is 0 Å². The number of aryl methyl sites for hydroxylation is 1. The van der Waals surface area contributed by atoms with Crippen molar-refractivity contribution in [1.29, 1.82) is 5.26 Å². The Balaban J connectivity index is 1.27. The van der Waals surface area contributed by atoms with Gasteiger partial charge in [-0.05, 0) is 61.5 Å². The topological polar surface area (TPSA) is 82.8 Å². The molecule has 2 aliphatic carbocycles. The molecule has 1 saturated heterocycles. The third-order valence-corrected chi connectivity index (χ3v) is 7.08. The number of nitriles is 1. The second kappa shape index (κ2) is 8.52. The van der Waals surface area contributed by atoms with E-state index in [1.165, 1.54) is 18.4 Å². The maximum Gasteiger partial charge on any atom is 0.117 e. The molecule has 0 bridgehead atoms. The van der Waals surface area contributed by atoms with Crippen molar-refractivity contribution in [3.8, 4) is 6.07 Å². The zero-order valence-corrected chi connectivity index (χ0v) is 17.8. The van der Waals surface area contributed by atoms with Crippen LogP contribution in [0.3, 0.4) is 0 Å². The average Bonchev–Trinajstić information content (AvgIpc) is 3.12. The van der Waals surface area contributed by atoms with E-state index in [0.717, 1.165) is 63.5 Å². The highest BCUT2D eigenvalue weighted by molar-refractivity contribution is 5.26. The number of hydrogen-bond donors (Lipinski definition) is 1. The highest BCUT2D eigenvalue weighted by Gasteiger charge is 2.44. The van der Waals surface area contributed by atoms with Crippen LogP contribution in [0.25, 0.3) is 0 Å². The Morgan fingerprint density at radius 3 is 2.83 bits per heavy atom. The maximum atomic E-state index is 9.05. The minimum atomic E-state index is 0.237. The van der Waals surface area contributed by atoms with Crippen LogP contribution in [0.15, 0.2) is 18.5 Å². The summed E-state index contributed by atoms with van der Waals surface area (Å²) in [4.78, 5) is 5.59. The van der Waals surface area contributed by atoms with Crippen molar-refractivity contribution in [3.05, 3.63) is 35.4 Å². The summed E-state index contributed by atoms with van der Waals surface area (Å²) in [5.41, 5.74) is 2.93. The molecule has 30 heavy (non-hydrogen) atoms. The number of H-pyrrole nitrogens is 1. The van der Waals surface area contributed by atoms with Crippen molar-refractivity contribution >= 4 is 0 Å². The van der Waals surface area contributed by atoms with Gasteiger partial charge in [-0.1, -0.05) is 18.6 Å². The van der Waals surface area contributed by atoms with Crippen molar-refractivity contribution in [2.24, 2.45) is 17.8 Å². The van der Waals surface area contributed by atoms with Crippen molar-refractivity contribution in [2.45, 2.75) is 64.1 Å². The number of fused-ring (bicyclic) bond motifs is 1. The van der Waals surface area contributed by atoms with Gasteiger partial charge in [0.2, 0.25) is 0 Å². The Morgan fingerprint density at radius 2 is 2.10 bits per heavy atom. The zero-order valence-electron chi connectivity index (χ0n) is 17.8. The van der Waals surface area contributed by atoms with Gasteiger partial charge in [0.15, 0.2) is 0 Å². The molecule has 0 radical (unpaired) electrons. The Bertz CT molecular complexity index is 894. The first-order valence-corrected chi connectivity index (χ1v) is 11.5. The van der Waals surface area contributed by atoms with Gasteiger partial charge in [0, 0.05) is 38.6 Å². The predicted molar refractivity (Wildman–Crippen MR) is 113 cm³/mol. The predicted octanol–water partition coefficient (Wildman–Crippen LogP) is 3.31. The molecule has 160 valence electrons. The van der Waals surface area contributed by atoms with E-state index in [1.807, 2.05) is 12.3 Å². The fourth-order valence-corrected chi connectivity index (χ4v) is 5.32. The molecule has 1 N–H and O–H groups in total. The minimum absolute atomic E-state index is 0.237.